The van der Waals surface area contributed by atoms with Crippen molar-refractivity contribution in [2.24, 2.45) is 5.73 Å². The topological polar surface area (TPSA) is 62.9 Å². The fourth-order valence-electron chi connectivity index (χ4n) is 3.39. The van der Waals surface area contributed by atoms with Crippen molar-refractivity contribution in [2.75, 3.05) is 21.3 Å². The maximum Gasteiger partial charge on any atom is 0.130 e. The zero-order valence-electron chi connectivity index (χ0n) is 17.6. The van der Waals surface area contributed by atoms with Crippen LogP contribution in [-0.2, 0) is 13.2 Å². The van der Waals surface area contributed by atoms with Crippen LogP contribution in [0.15, 0.2) is 48.5 Å². The fourth-order valence-corrected chi connectivity index (χ4v) is 3.39. The lowest BCUT2D eigenvalue weighted by Crippen LogP contribution is -2.05. The number of ether oxygens (including phenoxy) is 4. The monoisotopic (exact) mass is 411 g/mol. The number of hydrogen-bond donors (Lipinski definition) is 1. The average molecular weight is 411 g/mol. The number of halogens is 1. The molecule has 158 valence electrons. The van der Waals surface area contributed by atoms with Crippen LogP contribution in [0, 0.1) is 12.7 Å². The first kappa shape index (κ1) is 21.5. The van der Waals surface area contributed by atoms with Gasteiger partial charge in [-0.05, 0) is 41.3 Å². The van der Waals surface area contributed by atoms with Crippen LogP contribution in [0.3, 0.4) is 0 Å². The largest absolute Gasteiger partial charge is 0.497 e. The molecule has 0 aliphatic heterocycles. The second kappa shape index (κ2) is 9.50. The summed E-state index contributed by atoms with van der Waals surface area (Å²) in [5.74, 6) is 1.97. The highest BCUT2D eigenvalue weighted by Crippen LogP contribution is 2.35. The van der Waals surface area contributed by atoms with Crippen LogP contribution in [-0.4, -0.2) is 21.3 Å². The summed E-state index contributed by atoms with van der Waals surface area (Å²) in [5, 5.41) is 0. The molecular weight excluding hydrogens is 385 g/mol. The van der Waals surface area contributed by atoms with E-state index in [0.29, 0.717) is 36.1 Å². The first-order valence-corrected chi connectivity index (χ1v) is 9.52. The second-order valence-electron chi connectivity index (χ2n) is 6.77. The van der Waals surface area contributed by atoms with Gasteiger partial charge in [0.1, 0.15) is 35.4 Å². The van der Waals surface area contributed by atoms with E-state index in [2.05, 4.69) is 0 Å². The summed E-state index contributed by atoms with van der Waals surface area (Å²) >= 11 is 0. The average Bonchev–Trinajstić information content (AvgIpc) is 2.76. The number of rotatable bonds is 8. The van der Waals surface area contributed by atoms with Crippen molar-refractivity contribution in [1.29, 1.82) is 0 Å². The zero-order valence-corrected chi connectivity index (χ0v) is 17.6. The molecule has 0 radical (unpaired) electrons. The third kappa shape index (κ3) is 4.49. The molecule has 0 bridgehead atoms. The predicted molar refractivity (Wildman–Crippen MR) is 115 cm³/mol. The molecule has 0 atom stereocenters. The lowest BCUT2D eigenvalue weighted by atomic mass is 9.96. The Morgan fingerprint density at radius 3 is 2.17 bits per heavy atom. The molecule has 0 heterocycles. The van der Waals surface area contributed by atoms with Crippen molar-refractivity contribution in [3.05, 3.63) is 71.0 Å². The molecule has 3 aromatic carbocycles. The quantitative estimate of drug-likeness (QED) is 0.573. The second-order valence-corrected chi connectivity index (χ2v) is 6.77. The molecule has 0 aromatic heterocycles. The van der Waals surface area contributed by atoms with Gasteiger partial charge in [-0.3, -0.25) is 0 Å². The van der Waals surface area contributed by atoms with E-state index in [4.69, 9.17) is 24.7 Å². The first-order valence-electron chi connectivity index (χ1n) is 9.52. The highest BCUT2D eigenvalue weighted by Gasteiger charge is 2.13. The van der Waals surface area contributed by atoms with Crippen molar-refractivity contribution >= 4 is 0 Å². The number of nitrogens with two attached hydrogens (primary N) is 1. The molecule has 0 spiro atoms. The lowest BCUT2D eigenvalue weighted by molar-refractivity contribution is 0.299. The van der Waals surface area contributed by atoms with Crippen LogP contribution in [0.25, 0.3) is 11.1 Å². The van der Waals surface area contributed by atoms with Gasteiger partial charge in [0.05, 0.1) is 21.3 Å². The molecule has 30 heavy (non-hydrogen) atoms. The summed E-state index contributed by atoms with van der Waals surface area (Å²) in [5.41, 5.74) is 10.2. The molecule has 0 aliphatic rings. The van der Waals surface area contributed by atoms with Crippen molar-refractivity contribution < 1.29 is 23.3 Å². The number of benzene rings is 3. The molecule has 0 saturated heterocycles. The van der Waals surface area contributed by atoms with Crippen molar-refractivity contribution in [2.45, 2.75) is 20.1 Å². The predicted octanol–water partition coefficient (Wildman–Crippen LogP) is 4.86. The Labute approximate surface area is 176 Å². The molecule has 3 rings (SSSR count). The van der Waals surface area contributed by atoms with Gasteiger partial charge in [-0.1, -0.05) is 18.2 Å². The van der Waals surface area contributed by atoms with Crippen LogP contribution >= 0.6 is 0 Å². The molecule has 0 aliphatic carbocycles. The minimum atomic E-state index is -0.343. The van der Waals surface area contributed by atoms with Crippen LogP contribution < -0.4 is 24.7 Å². The van der Waals surface area contributed by atoms with Crippen molar-refractivity contribution in [3.63, 3.8) is 0 Å². The lowest BCUT2D eigenvalue weighted by Gasteiger charge is -2.16. The normalized spacial score (nSPS) is 10.6. The van der Waals surface area contributed by atoms with Crippen molar-refractivity contribution in [3.8, 4) is 34.1 Å². The molecule has 0 unspecified atom stereocenters. The summed E-state index contributed by atoms with van der Waals surface area (Å²) < 4.78 is 36.0. The van der Waals surface area contributed by atoms with E-state index in [1.165, 1.54) is 19.2 Å². The van der Waals surface area contributed by atoms with Gasteiger partial charge in [-0.2, -0.15) is 0 Å². The van der Waals surface area contributed by atoms with Gasteiger partial charge in [0.25, 0.3) is 0 Å². The van der Waals surface area contributed by atoms with Gasteiger partial charge in [0, 0.05) is 30.3 Å². The Morgan fingerprint density at radius 2 is 1.57 bits per heavy atom. The molecule has 5 nitrogen and oxygen atoms in total. The maximum absolute atomic E-state index is 14.0. The summed E-state index contributed by atoms with van der Waals surface area (Å²) in [6.45, 7) is 2.62. The summed E-state index contributed by atoms with van der Waals surface area (Å²) in [4.78, 5) is 0. The number of methoxy groups -OCH3 is 3. The highest BCUT2D eigenvalue weighted by molar-refractivity contribution is 5.70. The van der Waals surface area contributed by atoms with Gasteiger partial charge < -0.3 is 24.7 Å². The summed E-state index contributed by atoms with van der Waals surface area (Å²) in [6.07, 6.45) is 0. The third-order valence-corrected chi connectivity index (χ3v) is 5.04. The van der Waals surface area contributed by atoms with Crippen LogP contribution in [0.2, 0.25) is 0 Å². The maximum atomic E-state index is 14.0. The summed E-state index contributed by atoms with van der Waals surface area (Å²) in [7, 11) is 4.69. The van der Waals surface area contributed by atoms with E-state index >= 15 is 0 Å². The van der Waals surface area contributed by atoms with E-state index in [1.54, 1.807) is 26.4 Å². The number of hydrogen-bond acceptors (Lipinski definition) is 5. The molecular formula is C24H26FNO4. The smallest absolute Gasteiger partial charge is 0.130 e. The van der Waals surface area contributed by atoms with Gasteiger partial charge >= 0.3 is 0 Å². The zero-order chi connectivity index (χ0) is 21.7. The molecule has 2 N–H and O–H groups in total. The minimum Gasteiger partial charge on any atom is -0.497 e. The van der Waals surface area contributed by atoms with E-state index in [1.807, 2.05) is 31.2 Å². The Morgan fingerprint density at radius 1 is 0.867 bits per heavy atom. The minimum absolute atomic E-state index is 0.297. The fraction of sp³-hybridized carbons (Fsp3) is 0.250. The van der Waals surface area contributed by atoms with Gasteiger partial charge in [-0.15, -0.1) is 0 Å². The SMILES string of the molecule is COc1cc(F)cc(-c2cccc(COc3cc(OC)c(CN)c(OC)c3)c2C)c1. The first-order chi connectivity index (χ1) is 14.5. The molecule has 0 saturated carbocycles. The van der Waals surface area contributed by atoms with Crippen LogP contribution in [0.1, 0.15) is 16.7 Å². The molecule has 6 heteroatoms. The van der Waals surface area contributed by atoms with Crippen LogP contribution in [0.5, 0.6) is 23.0 Å². The van der Waals surface area contributed by atoms with E-state index in [9.17, 15) is 4.39 Å². The Kier molecular flexibility index (Phi) is 6.79. The van der Waals surface area contributed by atoms with E-state index in [-0.39, 0.29) is 5.82 Å². The third-order valence-electron chi connectivity index (χ3n) is 5.04. The van der Waals surface area contributed by atoms with E-state index < -0.39 is 0 Å². The van der Waals surface area contributed by atoms with Gasteiger partial charge in [0.15, 0.2) is 0 Å². The molecule has 3 aromatic rings. The van der Waals surface area contributed by atoms with Crippen LogP contribution in [0.4, 0.5) is 4.39 Å². The highest BCUT2D eigenvalue weighted by atomic mass is 19.1. The van der Waals surface area contributed by atoms with Gasteiger partial charge in [0.2, 0.25) is 0 Å². The molecule has 0 fully saturated rings. The van der Waals surface area contributed by atoms with E-state index in [0.717, 1.165) is 27.8 Å². The Bertz CT molecular complexity index is 1010. The standard InChI is InChI=1S/C24H26FNO4/c1-15-16(6-5-7-21(15)17-8-18(25)10-19(9-17)27-2)14-30-20-11-23(28-3)22(13-26)24(12-20)29-4/h5-12H,13-14,26H2,1-4H3. The summed E-state index contributed by atoms with van der Waals surface area (Å²) in [6, 6.07) is 14.1. The Hall–Kier alpha value is -3.25. The molecule has 0 amide bonds. The van der Waals surface area contributed by atoms with Crippen molar-refractivity contribution in [1.82, 2.24) is 0 Å². The Balaban J connectivity index is 1.89. The van der Waals surface area contributed by atoms with Gasteiger partial charge in [-0.25, -0.2) is 4.39 Å².